The molecule has 0 radical (unpaired) electrons. The van der Waals surface area contributed by atoms with Crippen molar-refractivity contribution in [3.8, 4) is 11.5 Å². The Labute approximate surface area is 210 Å². The first-order valence-electron chi connectivity index (χ1n) is 12.1. The molecule has 4 rings (SSSR count). The number of methoxy groups -OCH3 is 1. The molecule has 1 unspecified atom stereocenters. The zero-order chi connectivity index (χ0) is 25.8. The van der Waals surface area contributed by atoms with Crippen molar-refractivity contribution in [3.05, 3.63) is 77.4 Å². The number of carbonyl (C=O) groups excluding carboxylic acids is 2. The van der Waals surface area contributed by atoms with Crippen LogP contribution in [0.4, 0.5) is 0 Å². The van der Waals surface area contributed by atoms with Crippen LogP contribution in [0.3, 0.4) is 0 Å². The van der Waals surface area contributed by atoms with Gasteiger partial charge < -0.3 is 24.2 Å². The Hall–Kier alpha value is -3.84. The largest absolute Gasteiger partial charge is 0.507 e. The number of fused-ring (bicyclic) bond motifs is 1. The number of hydrogen-bond donors (Lipinski definition) is 1. The minimum atomic E-state index is -0.807. The summed E-state index contributed by atoms with van der Waals surface area (Å²) in [5, 5.41) is 13.3. The molecule has 0 saturated carbocycles. The highest BCUT2D eigenvalue weighted by molar-refractivity contribution is 6.46. The van der Waals surface area contributed by atoms with E-state index in [0.717, 1.165) is 10.8 Å². The topological polar surface area (TPSA) is 85.3 Å². The zero-order valence-corrected chi connectivity index (χ0v) is 21.0. The summed E-state index contributed by atoms with van der Waals surface area (Å²) in [5.74, 6) is -0.558. The second-order valence-corrected chi connectivity index (χ2v) is 8.85. The maximum atomic E-state index is 13.3. The lowest BCUT2D eigenvalue weighted by Crippen LogP contribution is -2.32. The lowest BCUT2D eigenvalue weighted by atomic mass is 9.94. The van der Waals surface area contributed by atoms with Crippen molar-refractivity contribution in [2.75, 3.05) is 26.9 Å². The van der Waals surface area contributed by atoms with Crippen molar-refractivity contribution >= 4 is 28.2 Å². The average Bonchev–Trinajstić information content (AvgIpc) is 3.12. The molecule has 1 aliphatic heterocycles. The molecule has 1 saturated heterocycles. The van der Waals surface area contributed by atoms with Crippen molar-refractivity contribution in [1.29, 1.82) is 0 Å². The van der Waals surface area contributed by atoms with E-state index in [0.29, 0.717) is 29.2 Å². The number of aliphatic hydroxyl groups excluding tert-OH is 1. The molecule has 1 atom stereocenters. The molecule has 0 bridgehead atoms. The summed E-state index contributed by atoms with van der Waals surface area (Å²) in [7, 11) is 1.53. The number of Topliss-reactive ketones (excluding diaryl/α,β-unsaturated/α-hetero) is 1. The number of likely N-dealkylation sites (tertiary alicyclic amines) is 1. The van der Waals surface area contributed by atoms with Crippen LogP contribution in [-0.2, 0) is 14.3 Å². The fourth-order valence-corrected chi connectivity index (χ4v) is 4.45. The van der Waals surface area contributed by atoms with Crippen LogP contribution in [0.2, 0.25) is 0 Å². The van der Waals surface area contributed by atoms with Crippen LogP contribution in [0.15, 0.2) is 66.2 Å². The standard InChI is InChI=1S/C29H31NO6/c1-5-35-24-17-21(12-13-23(24)36-18(2)3)26-25(28(32)29(33)30(26)14-15-34-4)27(31)22-11-10-19-8-6-7-9-20(19)16-22/h6-13,16-18,26,31H,5,14-15H2,1-4H3/b27-25+. The Morgan fingerprint density at radius 2 is 1.75 bits per heavy atom. The first kappa shape index (κ1) is 25.3. The highest BCUT2D eigenvalue weighted by Crippen LogP contribution is 2.42. The second-order valence-electron chi connectivity index (χ2n) is 8.85. The van der Waals surface area contributed by atoms with E-state index < -0.39 is 17.7 Å². The van der Waals surface area contributed by atoms with Crippen LogP contribution in [0, 0.1) is 0 Å². The van der Waals surface area contributed by atoms with Crippen LogP contribution < -0.4 is 9.47 Å². The van der Waals surface area contributed by atoms with E-state index in [9.17, 15) is 14.7 Å². The summed E-state index contributed by atoms with van der Waals surface area (Å²) in [6.45, 7) is 6.57. The predicted molar refractivity (Wildman–Crippen MR) is 138 cm³/mol. The quantitative estimate of drug-likeness (QED) is 0.256. The average molecular weight is 490 g/mol. The summed E-state index contributed by atoms with van der Waals surface area (Å²) in [6.07, 6.45) is -0.0599. The van der Waals surface area contributed by atoms with Gasteiger partial charge in [0, 0.05) is 19.2 Å². The highest BCUT2D eigenvalue weighted by atomic mass is 16.5. The molecule has 1 N–H and O–H groups in total. The summed E-state index contributed by atoms with van der Waals surface area (Å²) in [6, 6.07) is 17.7. The van der Waals surface area contributed by atoms with Gasteiger partial charge in [-0.15, -0.1) is 0 Å². The van der Waals surface area contributed by atoms with E-state index >= 15 is 0 Å². The Balaban J connectivity index is 1.87. The molecule has 1 fully saturated rings. The van der Waals surface area contributed by atoms with E-state index in [4.69, 9.17) is 14.2 Å². The van der Waals surface area contributed by atoms with E-state index in [2.05, 4.69) is 0 Å². The van der Waals surface area contributed by atoms with Gasteiger partial charge in [-0.25, -0.2) is 0 Å². The first-order chi connectivity index (χ1) is 17.3. The van der Waals surface area contributed by atoms with Gasteiger partial charge in [0.1, 0.15) is 5.76 Å². The number of rotatable bonds is 9. The number of ether oxygens (including phenoxy) is 3. The minimum Gasteiger partial charge on any atom is -0.507 e. The number of amides is 1. The van der Waals surface area contributed by atoms with E-state index in [1.807, 2.05) is 57.2 Å². The van der Waals surface area contributed by atoms with Gasteiger partial charge in [0.15, 0.2) is 11.5 Å². The molecule has 1 aliphatic rings. The van der Waals surface area contributed by atoms with E-state index in [1.54, 1.807) is 24.3 Å². The van der Waals surface area contributed by atoms with Gasteiger partial charge in [0.25, 0.3) is 11.7 Å². The molecular weight excluding hydrogens is 458 g/mol. The fraction of sp³-hybridized carbons (Fsp3) is 0.310. The van der Waals surface area contributed by atoms with Crippen LogP contribution >= 0.6 is 0 Å². The molecule has 36 heavy (non-hydrogen) atoms. The van der Waals surface area contributed by atoms with Crippen LogP contribution in [-0.4, -0.2) is 54.7 Å². The van der Waals surface area contributed by atoms with Gasteiger partial charge >= 0.3 is 0 Å². The lowest BCUT2D eigenvalue weighted by Gasteiger charge is -2.26. The molecule has 1 amide bonds. The summed E-state index contributed by atoms with van der Waals surface area (Å²) in [4.78, 5) is 27.8. The van der Waals surface area contributed by atoms with Crippen LogP contribution in [0.5, 0.6) is 11.5 Å². The molecule has 0 aliphatic carbocycles. The number of ketones is 1. The van der Waals surface area contributed by atoms with Crippen LogP contribution in [0.1, 0.15) is 37.9 Å². The number of hydrogen-bond acceptors (Lipinski definition) is 6. The molecular formula is C29H31NO6. The Kier molecular flexibility index (Phi) is 7.60. The number of aliphatic hydroxyl groups is 1. The SMILES string of the molecule is CCOc1cc(C2/C(=C(\O)c3ccc4ccccc4c3)C(=O)C(=O)N2CCOC)ccc1OC(C)C. The predicted octanol–water partition coefficient (Wildman–Crippen LogP) is 5.09. The van der Waals surface area contributed by atoms with Crippen molar-refractivity contribution in [2.45, 2.75) is 32.9 Å². The van der Waals surface area contributed by atoms with Crippen molar-refractivity contribution in [2.24, 2.45) is 0 Å². The maximum Gasteiger partial charge on any atom is 0.295 e. The fourth-order valence-electron chi connectivity index (χ4n) is 4.45. The van der Waals surface area contributed by atoms with E-state index in [1.165, 1.54) is 12.0 Å². The third-order valence-electron chi connectivity index (χ3n) is 6.05. The first-order valence-corrected chi connectivity index (χ1v) is 12.1. The molecule has 188 valence electrons. The van der Waals surface area contributed by atoms with Gasteiger partial charge in [-0.3, -0.25) is 9.59 Å². The van der Waals surface area contributed by atoms with Gasteiger partial charge in [0.05, 0.1) is 30.9 Å². The summed E-state index contributed by atoms with van der Waals surface area (Å²) < 4.78 is 16.9. The Morgan fingerprint density at radius 3 is 2.44 bits per heavy atom. The minimum absolute atomic E-state index is 0.0337. The Bertz CT molecular complexity index is 1310. The van der Waals surface area contributed by atoms with Gasteiger partial charge in [-0.2, -0.15) is 0 Å². The van der Waals surface area contributed by atoms with Gasteiger partial charge in [-0.1, -0.05) is 42.5 Å². The van der Waals surface area contributed by atoms with Crippen LogP contribution in [0.25, 0.3) is 16.5 Å². The van der Waals surface area contributed by atoms with Crippen molar-refractivity contribution < 1.29 is 28.9 Å². The molecule has 1 heterocycles. The highest BCUT2D eigenvalue weighted by Gasteiger charge is 2.46. The number of benzene rings is 3. The summed E-state index contributed by atoms with van der Waals surface area (Å²) >= 11 is 0. The number of carbonyl (C=O) groups is 2. The molecule has 7 heteroatoms. The summed E-state index contributed by atoms with van der Waals surface area (Å²) in [5.41, 5.74) is 1.13. The third kappa shape index (κ3) is 4.93. The molecule has 0 aromatic heterocycles. The maximum absolute atomic E-state index is 13.3. The lowest BCUT2D eigenvalue weighted by molar-refractivity contribution is -0.140. The van der Waals surface area contributed by atoms with Crippen molar-refractivity contribution in [1.82, 2.24) is 4.90 Å². The zero-order valence-electron chi connectivity index (χ0n) is 21.0. The Morgan fingerprint density at radius 1 is 1.00 bits per heavy atom. The normalized spacial score (nSPS) is 17.2. The molecule has 3 aromatic rings. The van der Waals surface area contributed by atoms with E-state index in [-0.39, 0.29) is 30.6 Å². The molecule has 0 spiro atoms. The molecule has 3 aromatic carbocycles. The smallest absolute Gasteiger partial charge is 0.295 e. The van der Waals surface area contributed by atoms with Gasteiger partial charge in [0.2, 0.25) is 0 Å². The van der Waals surface area contributed by atoms with Crippen molar-refractivity contribution in [3.63, 3.8) is 0 Å². The monoisotopic (exact) mass is 489 g/mol. The number of nitrogens with zero attached hydrogens (tertiary/aromatic N) is 1. The third-order valence-corrected chi connectivity index (χ3v) is 6.05. The molecule has 7 nitrogen and oxygen atoms in total. The van der Waals surface area contributed by atoms with Gasteiger partial charge in [-0.05, 0) is 55.3 Å². The second kappa shape index (κ2) is 10.8.